The molecule has 0 rings (SSSR count). The molecule has 0 aliphatic heterocycles. The van der Waals surface area contributed by atoms with Crippen molar-refractivity contribution >= 4 is 0 Å². The van der Waals surface area contributed by atoms with Gasteiger partial charge in [-0.2, -0.15) is 0 Å². The fraction of sp³-hybridized carbons (Fsp3) is 1.00. The van der Waals surface area contributed by atoms with Gasteiger partial charge in [0.2, 0.25) is 0 Å². The topological polar surface area (TPSA) is 311 Å². The minimum absolute atomic E-state index is 0. The zero-order chi connectivity index (χ0) is 34.3. The minimum atomic E-state index is -0.417. The van der Waals surface area contributed by atoms with E-state index in [1.54, 1.807) is 55.4 Å². The van der Waals surface area contributed by atoms with Crippen molar-refractivity contribution in [2.45, 2.75) is 79.8 Å². The molecular weight excluding hydrogens is 776 g/mol. The van der Waals surface area contributed by atoms with Crippen LogP contribution in [-0.4, -0.2) is 153 Å². The van der Waals surface area contributed by atoms with Crippen molar-refractivity contribution in [2.75, 3.05) is 109 Å². The Bertz CT molecular complexity index is 303. The standard InChI is InChI=1S/4C4H10NO.4C3H7O.4O.4Ti/c4*1-5(2)3-4-6;4*1-3(2)4;;;;;;;;/h4*3-4H2,1-2H3;4*3H,1-2H3;;;;;;;;/q8*-1;4*-2;4*+4. The van der Waals surface area contributed by atoms with Crippen molar-refractivity contribution < 1.29 is 150 Å². The predicted molar refractivity (Wildman–Crippen MR) is 157 cm³/mol. The largest absolute Gasteiger partial charge is 4.00 e. The van der Waals surface area contributed by atoms with Crippen molar-refractivity contribution in [3.05, 3.63) is 0 Å². The molecule has 0 fully saturated rings. The van der Waals surface area contributed by atoms with Crippen LogP contribution in [0.25, 0.3) is 0 Å². The third-order valence-corrected chi connectivity index (χ3v) is 2.15. The average Bonchev–Trinajstić information content (AvgIpc) is 2.67. The van der Waals surface area contributed by atoms with E-state index in [9.17, 15) is 40.9 Å². The molecule has 0 bridgehead atoms. The molecular formula is C28H68N4O12Ti4. The normalized spacial score (nSPS) is 8.00. The van der Waals surface area contributed by atoms with Crippen LogP contribution >= 0.6 is 0 Å². The van der Waals surface area contributed by atoms with E-state index in [4.69, 9.17) is 0 Å². The van der Waals surface area contributed by atoms with Gasteiger partial charge in [0, 0.05) is 0 Å². The van der Waals surface area contributed by atoms with Crippen molar-refractivity contribution in [2.24, 2.45) is 0 Å². The van der Waals surface area contributed by atoms with Gasteiger partial charge < -0.3 is 82.4 Å². The van der Waals surface area contributed by atoms with Crippen LogP contribution in [0.2, 0.25) is 0 Å². The SMILES string of the molecule is CC(C)[O-].CC(C)[O-].CC(C)[O-].CC(C)[O-].CN(C)CC[O-].CN(C)CC[O-].CN(C)CC[O-].CN(C)CC[O-].[O-2].[O-2].[O-2].[O-2].[Ti+4].[Ti+4].[Ti+4].[Ti+4]. The van der Waals surface area contributed by atoms with E-state index < -0.39 is 24.4 Å². The molecule has 0 saturated heterocycles. The van der Waals surface area contributed by atoms with Gasteiger partial charge in [0.1, 0.15) is 0 Å². The Morgan fingerprint density at radius 2 is 0.375 bits per heavy atom. The summed E-state index contributed by atoms with van der Waals surface area (Å²) in [5.74, 6) is 0. The van der Waals surface area contributed by atoms with E-state index in [0.29, 0.717) is 26.2 Å². The van der Waals surface area contributed by atoms with Crippen molar-refractivity contribution in [3.8, 4) is 0 Å². The monoisotopic (exact) mass is 844 g/mol. The number of rotatable bonds is 8. The predicted octanol–water partition coefficient (Wildman–Crippen LogP) is -5.83. The molecule has 0 unspecified atom stereocenters. The summed E-state index contributed by atoms with van der Waals surface area (Å²) < 4.78 is 0. The van der Waals surface area contributed by atoms with Gasteiger partial charge in [-0.05, 0) is 82.6 Å². The van der Waals surface area contributed by atoms with Crippen LogP contribution in [0.4, 0.5) is 0 Å². The van der Waals surface area contributed by atoms with E-state index in [2.05, 4.69) is 0 Å². The summed E-state index contributed by atoms with van der Waals surface area (Å²) in [6.07, 6.45) is -1.67. The fourth-order valence-electron chi connectivity index (χ4n) is 0.730. The minimum Gasteiger partial charge on any atom is -2.00 e. The summed E-state index contributed by atoms with van der Waals surface area (Å²) in [7, 11) is 15.1. The Hall–Kier alpha value is 2.22. The first-order chi connectivity index (χ1) is 18.0. The molecule has 288 valence electrons. The summed E-state index contributed by atoms with van der Waals surface area (Å²) >= 11 is 0. The van der Waals surface area contributed by atoms with Crippen LogP contribution in [0.3, 0.4) is 0 Å². The number of hydrogen-bond donors (Lipinski definition) is 0. The summed E-state index contributed by atoms with van der Waals surface area (Å²) in [6.45, 7) is 15.5. The van der Waals surface area contributed by atoms with E-state index in [1.165, 1.54) is 0 Å². The van der Waals surface area contributed by atoms with Crippen molar-refractivity contribution in [3.63, 3.8) is 0 Å². The van der Waals surface area contributed by atoms with Gasteiger partial charge in [-0.15, -0.1) is 50.8 Å². The maximum absolute atomic E-state index is 9.70. The first kappa shape index (κ1) is 104. The second kappa shape index (κ2) is 97.7. The molecule has 0 aliphatic carbocycles. The molecule has 0 aliphatic rings. The molecule has 48 heavy (non-hydrogen) atoms. The molecule has 16 nitrogen and oxygen atoms in total. The smallest absolute Gasteiger partial charge is 2.00 e. The van der Waals surface area contributed by atoms with E-state index >= 15 is 0 Å². The molecule has 0 aromatic rings. The fourth-order valence-corrected chi connectivity index (χ4v) is 0.730. The quantitative estimate of drug-likeness (QED) is 0.206. The van der Waals surface area contributed by atoms with Gasteiger partial charge in [-0.1, -0.05) is 55.4 Å². The van der Waals surface area contributed by atoms with E-state index in [-0.39, 0.29) is 135 Å². The van der Waals surface area contributed by atoms with Crippen LogP contribution in [0, 0.1) is 0 Å². The second-order valence-electron chi connectivity index (χ2n) is 10.2. The van der Waals surface area contributed by atoms with Crippen LogP contribution in [0.15, 0.2) is 0 Å². The molecule has 0 amide bonds. The summed E-state index contributed by atoms with van der Waals surface area (Å²) in [5, 5.41) is 76.9. The molecule has 0 aromatic heterocycles. The van der Waals surface area contributed by atoms with Crippen LogP contribution < -0.4 is 40.9 Å². The molecule has 20 heteroatoms. The third-order valence-electron chi connectivity index (χ3n) is 2.15. The first-order valence-electron chi connectivity index (χ1n) is 13.6. The Morgan fingerprint density at radius 1 is 0.312 bits per heavy atom. The number of nitrogens with zero attached hydrogens (tertiary/aromatic N) is 4. The molecule has 0 saturated carbocycles. The molecule has 0 radical (unpaired) electrons. The Balaban J connectivity index is -0.0000000171. The van der Waals surface area contributed by atoms with Crippen LogP contribution in [0.1, 0.15) is 55.4 Å². The van der Waals surface area contributed by atoms with Crippen LogP contribution in [-0.2, 0) is 109 Å². The molecule has 0 spiro atoms. The second-order valence-corrected chi connectivity index (χ2v) is 10.2. The zero-order valence-electron chi connectivity index (χ0n) is 32.7. The van der Waals surface area contributed by atoms with E-state index in [0.717, 1.165) is 0 Å². The third kappa shape index (κ3) is 532. The maximum atomic E-state index is 9.70. The Labute approximate surface area is 355 Å². The summed E-state index contributed by atoms with van der Waals surface area (Å²) in [4.78, 5) is 7.47. The van der Waals surface area contributed by atoms with E-state index in [1.807, 2.05) is 76.0 Å². The number of likely N-dealkylation sites (N-methyl/N-ethyl adjacent to an activating group) is 4. The molecule has 0 heterocycles. The number of hydrogen-bond acceptors (Lipinski definition) is 12. The van der Waals surface area contributed by atoms with Crippen molar-refractivity contribution in [1.29, 1.82) is 0 Å². The summed E-state index contributed by atoms with van der Waals surface area (Å²) in [6, 6.07) is 0. The molecule has 0 atom stereocenters. The van der Waals surface area contributed by atoms with Gasteiger partial charge in [0.05, 0.1) is 0 Å². The zero-order valence-corrected chi connectivity index (χ0v) is 38.9. The Morgan fingerprint density at radius 3 is 0.375 bits per heavy atom. The maximum Gasteiger partial charge on any atom is 4.00 e. The average molecular weight is 844 g/mol. The summed E-state index contributed by atoms with van der Waals surface area (Å²) in [5.41, 5.74) is 0. The van der Waals surface area contributed by atoms with Crippen LogP contribution in [0.5, 0.6) is 0 Å². The van der Waals surface area contributed by atoms with Crippen molar-refractivity contribution in [1.82, 2.24) is 19.6 Å². The molecule has 0 aromatic carbocycles. The van der Waals surface area contributed by atoms with Gasteiger partial charge in [-0.25, -0.2) is 0 Å². The van der Waals surface area contributed by atoms with Gasteiger partial charge in [0.15, 0.2) is 0 Å². The van der Waals surface area contributed by atoms with Gasteiger partial charge in [-0.3, -0.25) is 0 Å². The first-order valence-corrected chi connectivity index (χ1v) is 13.6. The van der Waals surface area contributed by atoms with Gasteiger partial charge in [0.25, 0.3) is 0 Å². The Kier molecular flexibility index (Phi) is 212. The molecule has 0 N–H and O–H groups in total. The van der Waals surface area contributed by atoms with Gasteiger partial charge >= 0.3 is 86.9 Å².